The molecule has 0 fully saturated rings. The number of rotatable bonds is 3. The lowest BCUT2D eigenvalue weighted by atomic mass is 10.00. The molecule has 0 aliphatic rings. The SMILES string of the molecule is N#Cc1c(F)ccc(C(=O)CBr)c1C=O. The van der Waals surface area contributed by atoms with Gasteiger partial charge in [0.15, 0.2) is 12.1 Å². The summed E-state index contributed by atoms with van der Waals surface area (Å²) in [5.41, 5.74) is -0.529. The lowest BCUT2D eigenvalue weighted by Gasteiger charge is -2.03. The summed E-state index contributed by atoms with van der Waals surface area (Å²) in [6, 6.07) is 3.76. The van der Waals surface area contributed by atoms with E-state index in [-0.39, 0.29) is 22.2 Å². The Hall–Kier alpha value is -1.54. The van der Waals surface area contributed by atoms with E-state index < -0.39 is 11.4 Å². The minimum absolute atomic E-state index is 0.0182. The third-order valence-electron chi connectivity index (χ3n) is 1.85. The quantitative estimate of drug-likeness (QED) is 0.480. The first-order chi connectivity index (χ1) is 7.15. The molecule has 1 rings (SSSR count). The van der Waals surface area contributed by atoms with Gasteiger partial charge >= 0.3 is 0 Å². The normalized spacial score (nSPS) is 9.40. The second kappa shape index (κ2) is 4.80. The van der Waals surface area contributed by atoms with Gasteiger partial charge in [-0.05, 0) is 12.1 Å². The van der Waals surface area contributed by atoms with E-state index >= 15 is 0 Å². The highest BCUT2D eigenvalue weighted by Crippen LogP contribution is 2.17. The molecule has 0 radical (unpaired) electrons. The summed E-state index contributed by atoms with van der Waals surface area (Å²) in [6.45, 7) is 0. The van der Waals surface area contributed by atoms with Crippen LogP contribution in [0.2, 0.25) is 0 Å². The van der Waals surface area contributed by atoms with E-state index in [0.29, 0.717) is 6.29 Å². The second-order valence-electron chi connectivity index (χ2n) is 2.67. The van der Waals surface area contributed by atoms with Gasteiger partial charge in [0.25, 0.3) is 0 Å². The standard InChI is InChI=1S/C10H5BrFNO2/c11-3-10(15)6-1-2-9(12)7(4-13)8(6)5-14/h1-2,5H,3H2. The Morgan fingerprint density at radius 2 is 2.27 bits per heavy atom. The van der Waals surface area contributed by atoms with Crippen LogP contribution in [0.4, 0.5) is 4.39 Å². The third-order valence-corrected chi connectivity index (χ3v) is 2.36. The van der Waals surface area contributed by atoms with Crippen molar-refractivity contribution in [3.05, 3.63) is 34.6 Å². The molecule has 0 saturated carbocycles. The van der Waals surface area contributed by atoms with Crippen molar-refractivity contribution in [3.8, 4) is 6.07 Å². The van der Waals surface area contributed by atoms with E-state index in [1.165, 1.54) is 6.07 Å². The number of halogens is 2. The summed E-state index contributed by atoms with van der Waals surface area (Å²) in [4.78, 5) is 22.0. The highest BCUT2D eigenvalue weighted by atomic mass is 79.9. The van der Waals surface area contributed by atoms with Crippen molar-refractivity contribution in [2.24, 2.45) is 0 Å². The molecule has 0 heterocycles. The van der Waals surface area contributed by atoms with Gasteiger partial charge in [0.05, 0.1) is 10.9 Å². The van der Waals surface area contributed by atoms with Crippen LogP contribution in [0.25, 0.3) is 0 Å². The van der Waals surface area contributed by atoms with E-state index in [4.69, 9.17) is 5.26 Å². The Bertz CT molecular complexity index is 465. The maximum Gasteiger partial charge on any atom is 0.174 e. The van der Waals surface area contributed by atoms with Crippen LogP contribution in [0.1, 0.15) is 26.3 Å². The summed E-state index contributed by atoms with van der Waals surface area (Å²) in [5.74, 6) is -1.17. The number of carbonyl (C=O) groups excluding carboxylic acids is 2. The largest absolute Gasteiger partial charge is 0.298 e. The van der Waals surface area contributed by atoms with Crippen LogP contribution in [0, 0.1) is 17.1 Å². The summed E-state index contributed by atoms with van der Waals surface area (Å²) < 4.78 is 13.1. The van der Waals surface area contributed by atoms with Crippen molar-refractivity contribution in [3.63, 3.8) is 0 Å². The molecule has 1 aromatic carbocycles. The number of Topliss-reactive ketones (excluding diaryl/α,β-unsaturated/α-hetero) is 1. The minimum atomic E-state index is -0.800. The van der Waals surface area contributed by atoms with Gasteiger partial charge in [-0.1, -0.05) is 15.9 Å². The number of nitrogens with zero attached hydrogens (tertiary/aromatic N) is 1. The number of aldehydes is 1. The Morgan fingerprint density at radius 1 is 1.60 bits per heavy atom. The number of alkyl halides is 1. The van der Waals surface area contributed by atoms with Crippen molar-refractivity contribution >= 4 is 28.0 Å². The topological polar surface area (TPSA) is 57.9 Å². The van der Waals surface area contributed by atoms with Crippen LogP contribution in [0.3, 0.4) is 0 Å². The van der Waals surface area contributed by atoms with E-state index in [2.05, 4.69) is 15.9 Å². The van der Waals surface area contributed by atoms with E-state index in [9.17, 15) is 14.0 Å². The fraction of sp³-hybridized carbons (Fsp3) is 0.100. The smallest absolute Gasteiger partial charge is 0.174 e. The number of hydrogen-bond donors (Lipinski definition) is 0. The number of ketones is 1. The Kier molecular flexibility index (Phi) is 3.69. The maximum absolute atomic E-state index is 13.1. The Labute approximate surface area is 93.6 Å². The average molecular weight is 270 g/mol. The molecule has 0 amide bonds. The molecule has 0 aliphatic carbocycles. The van der Waals surface area contributed by atoms with Crippen molar-refractivity contribution in [1.82, 2.24) is 0 Å². The fourth-order valence-corrected chi connectivity index (χ4v) is 1.45. The molecular formula is C10H5BrFNO2. The van der Waals surface area contributed by atoms with Crippen LogP contribution in [-0.4, -0.2) is 17.4 Å². The molecule has 3 nitrogen and oxygen atoms in total. The fourth-order valence-electron chi connectivity index (χ4n) is 1.14. The van der Waals surface area contributed by atoms with E-state index in [1.807, 2.05) is 0 Å². The third kappa shape index (κ3) is 2.10. The molecule has 1 aromatic rings. The lowest BCUT2D eigenvalue weighted by molar-refractivity contribution is 0.101. The average Bonchev–Trinajstić information content (AvgIpc) is 2.27. The molecule has 15 heavy (non-hydrogen) atoms. The predicted molar refractivity (Wildman–Crippen MR) is 54.6 cm³/mol. The first-order valence-electron chi connectivity index (χ1n) is 3.92. The molecule has 76 valence electrons. The van der Waals surface area contributed by atoms with Crippen molar-refractivity contribution in [1.29, 1.82) is 5.26 Å². The number of benzene rings is 1. The zero-order valence-electron chi connectivity index (χ0n) is 7.46. The molecule has 0 unspecified atom stereocenters. The van der Waals surface area contributed by atoms with Gasteiger partial charge in [0.1, 0.15) is 11.9 Å². The van der Waals surface area contributed by atoms with E-state index in [1.54, 1.807) is 6.07 Å². The van der Waals surface area contributed by atoms with Gasteiger partial charge < -0.3 is 0 Å². The maximum atomic E-state index is 13.1. The number of nitriles is 1. The molecule has 0 spiro atoms. The lowest BCUT2D eigenvalue weighted by Crippen LogP contribution is -2.07. The van der Waals surface area contributed by atoms with Crippen molar-refractivity contribution in [2.45, 2.75) is 0 Å². The van der Waals surface area contributed by atoms with Crippen molar-refractivity contribution < 1.29 is 14.0 Å². The van der Waals surface area contributed by atoms with Gasteiger partial charge in [-0.3, -0.25) is 9.59 Å². The van der Waals surface area contributed by atoms with Crippen LogP contribution >= 0.6 is 15.9 Å². The van der Waals surface area contributed by atoms with Gasteiger partial charge in [-0.2, -0.15) is 5.26 Å². The van der Waals surface area contributed by atoms with Crippen molar-refractivity contribution in [2.75, 3.05) is 5.33 Å². The molecule has 0 bridgehead atoms. The minimum Gasteiger partial charge on any atom is -0.298 e. The summed E-state index contributed by atoms with van der Waals surface area (Å²) in [5, 5.41) is 8.66. The highest BCUT2D eigenvalue weighted by Gasteiger charge is 2.16. The summed E-state index contributed by atoms with van der Waals surface area (Å²) in [7, 11) is 0. The van der Waals surface area contributed by atoms with Gasteiger partial charge in [-0.25, -0.2) is 4.39 Å². The zero-order chi connectivity index (χ0) is 11.4. The predicted octanol–water partition coefficient (Wildman–Crippen LogP) is 2.09. The molecule has 5 heteroatoms. The molecule has 0 aliphatic heterocycles. The highest BCUT2D eigenvalue weighted by molar-refractivity contribution is 9.09. The van der Waals surface area contributed by atoms with Crippen LogP contribution in [0.5, 0.6) is 0 Å². The number of carbonyl (C=O) groups is 2. The summed E-state index contributed by atoms with van der Waals surface area (Å²) >= 11 is 2.94. The monoisotopic (exact) mass is 269 g/mol. The zero-order valence-corrected chi connectivity index (χ0v) is 9.04. The Balaban J connectivity index is 3.50. The van der Waals surface area contributed by atoms with Crippen LogP contribution < -0.4 is 0 Å². The molecule has 0 N–H and O–H groups in total. The Morgan fingerprint density at radius 3 is 2.73 bits per heavy atom. The van der Waals surface area contributed by atoms with Crippen LogP contribution in [-0.2, 0) is 0 Å². The van der Waals surface area contributed by atoms with Gasteiger partial charge in [0, 0.05) is 11.1 Å². The van der Waals surface area contributed by atoms with Crippen LogP contribution in [0.15, 0.2) is 12.1 Å². The van der Waals surface area contributed by atoms with Gasteiger partial charge in [-0.15, -0.1) is 0 Å². The van der Waals surface area contributed by atoms with E-state index in [0.717, 1.165) is 6.07 Å². The molecule has 0 saturated heterocycles. The first kappa shape index (κ1) is 11.5. The molecular weight excluding hydrogens is 265 g/mol. The number of hydrogen-bond acceptors (Lipinski definition) is 3. The first-order valence-corrected chi connectivity index (χ1v) is 5.04. The second-order valence-corrected chi connectivity index (χ2v) is 3.23. The molecule has 0 aromatic heterocycles. The summed E-state index contributed by atoms with van der Waals surface area (Å²) in [6.07, 6.45) is 0.317. The molecule has 0 atom stereocenters. The van der Waals surface area contributed by atoms with Gasteiger partial charge in [0.2, 0.25) is 0 Å².